The lowest BCUT2D eigenvalue weighted by atomic mass is 9.87. The summed E-state index contributed by atoms with van der Waals surface area (Å²) < 4.78 is 29.1. The summed E-state index contributed by atoms with van der Waals surface area (Å²) in [7, 11) is 0. The van der Waals surface area contributed by atoms with E-state index in [1.165, 1.54) is 11.0 Å². The molecule has 3 heterocycles. The van der Waals surface area contributed by atoms with Crippen LogP contribution < -0.4 is 0 Å². The van der Waals surface area contributed by atoms with Gasteiger partial charge in [0, 0.05) is 30.9 Å². The minimum absolute atomic E-state index is 0.0274. The summed E-state index contributed by atoms with van der Waals surface area (Å²) in [5.74, 6) is -0.272. The van der Waals surface area contributed by atoms with Crippen molar-refractivity contribution < 1.29 is 23.5 Å². The van der Waals surface area contributed by atoms with Gasteiger partial charge < -0.3 is 14.9 Å². The summed E-state index contributed by atoms with van der Waals surface area (Å²) >= 11 is 0. The molecule has 1 aromatic heterocycles. The molecule has 1 aromatic carbocycles. The van der Waals surface area contributed by atoms with Crippen molar-refractivity contribution in [3.05, 3.63) is 52.1 Å². The Morgan fingerprint density at radius 2 is 1.86 bits per heavy atom. The molecule has 0 radical (unpaired) electrons. The van der Waals surface area contributed by atoms with Crippen LogP contribution in [0.15, 0.2) is 18.2 Å². The van der Waals surface area contributed by atoms with Gasteiger partial charge in [-0.05, 0) is 74.6 Å². The van der Waals surface area contributed by atoms with Crippen LogP contribution in [0.5, 0.6) is 0 Å². The molecule has 1 aliphatic carbocycles. The number of alkyl halides is 1. The first-order valence-electron chi connectivity index (χ1n) is 12.6. The van der Waals surface area contributed by atoms with E-state index >= 15 is 0 Å². The van der Waals surface area contributed by atoms with E-state index in [0.717, 1.165) is 54.5 Å². The van der Waals surface area contributed by atoms with Crippen LogP contribution in [-0.4, -0.2) is 75.0 Å². The van der Waals surface area contributed by atoms with Crippen molar-refractivity contribution in [2.75, 3.05) is 26.2 Å². The third-order valence-corrected chi connectivity index (χ3v) is 7.81. The molecular formula is C26H32F2N4O3. The summed E-state index contributed by atoms with van der Waals surface area (Å²) in [6, 6.07) is 4.91. The van der Waals surface area contributed by atoms with Crippen LogP contribution in [-0.2, 0) is 24.2 Å². The van der Waals surface area contributed by atoms with Gasteiger partial charge >= 0.3 is 0 Å². The Hall–Kier alpha value is -2.81. The first-order chi connectivity index (χ1) is 16.8. The van der Waals surface area contributed by atoms with Crippen molar-refractivity contribution >= 4 is 11.8 Å². The maximum Gasteiger partial charge on any atom is 0.274 e. The van der Waals surface area contributed by atoms with Gasteiger partial charge in [0.05, 0.1) is 12.6 Å². The van der Waals surface area contributed by atoms with Crippen molar-refractivity contribution in [1.82, 2.24) is 19.6 Å². The number of rotatable bonds is 4. The summed E-state index contributed by atoms with van der Waals surface area (Å²) in [6.07, 6.45) is 1.76. The largest absolute Gasteiger partial charge is 0.390 e. The van der Waals surface area contributed by atoms with Crippen LogP contribution in [0.4, 0.5) is 8.78 Å². The molecule has 2 saturated heterocycles. The number of aryl methyl sites for hydroxylation is 1. The molecule has 2 amide bonds. The van der Waals surface area contributed by atoms with Crippen LogP contribution in [0.2, 0.25) is 0 Å². The highest BCUT2D eigenvalue weighted by molar-refractivity contribution is 5.94. The molecule has 0 saturated carbocycles. The number of nitrogens with zero attached hydrogens (tertiary/aromatic N) is 4. The number of halogens is 2. The van der Waals surface area contributed by atoms with Gasteiger partial charge in [0.2, 0.25) is 5.91 Å². The average molecular weight is 487 g/mol. The molecule has 0 spiro atoms. The molecule has 1 N–H and O–H groups in total. The molecule has 0 unspecified atom stereocenters. The standard InChI is InChI=1S/C26H32F2N4O3/c1-16-13-18(27)5-6-19(16)17-7-10-30(11-8-17)24(34)15-32-22-4-2-3-20(22)25(29-32)26(35)31-12-9-23(33)21(28)14-31/h5-6,13,17,21,23,33H,2-4,7-12,14-15H2,1H3/t21-,23-/m1/s1. The molecule has 2 aliphatic heterocycles. The SMILES string of the molecule is Cc1cc(F)ccc1C1CCN(C(=O)Cn2nc(C(=O)N3CC[C@@H](O)[C@H](F)C3)c3c2CCC3)CC1. The number of hydrogen-bond acceptors (Lipinski definition) is 4. The number of aliphatic hydroxyl groups is 1. The number of aliphatic hydroxyl groups excluding tert-OH is 1. The molecule has 5 rings (SSSR count). The van der Waals surface area contributed by atoms with Gasteiger partial charge in [0.1, 0.15) is 18.5 Å². The number of carbonyl (C=O) groups excluding carboxylic acids is 2. The molecule has 2 fully saturated rings. The molecule has 0 bridgehead atoms. The van der Waals surface area contributed by atoms with Crippen LogP contribution in [0, 0.1) is 12.7 Å². The molecule has 3 aliphatic rings. The third kappa shape index (κ3) is 4.70. The number of piperidine rings is 2. The number of fused-ring (bicyclic) bond motifs is 1. The van der Waals surface area contributed by atoms with Crippen LogP contribution >= 0.6 is 0 Å². The van der Waals surface area contributed by atoms with Crippen LogP contribution in [0.25, 0.3) is 0 Å². The van der Waals surface area contributed by atoms with E-state index in [1.54, 1.807) is 10.7 Å². The molecule has 188 valence electrons. The third-order valence-electron chi connectivity index (χ3n) is 7.81. The van der Waals surface area contributed by atoms with Gasteiger partial charge in [-0.1, -0.05) is 6.07 Å². The van der Waals surface area contributed by atoms with E-state index in [4.69, 9.17) is 0 Å². The minimum atomic E-state index is -1.45. The van der Waals surface area contributed by atoms with Gasteiger partial charge in [0.15, 0.2) is 5.69 Å². The number of benzene rings is 1. The van der Waals surface area contributed by atoms with Gasteiger partial charge in [-0.3, -0.25) is 14.3 Å². The van der Waals surface area contributed by atoms with E-state index in [9.17, 15) is 23.5 Å². The van der Waals surface area contributed by atoms with E-state index < -0.39 is 12.3 Å². The number of likely N-dealkylation sites (tertiary alicyclic amines) is 2. The molecular weight excluding hydrogens is 454 g/mol. The number of amides is 2. The molecule has 2 aromatic rings. The summed E-state index contributed by atoms with van der Waals surface area (Å²) in [6.45, 7) is 3.42. The average Bonchev–Trinajstić information content (AvgIpc) is 3.44. The topological polar surface area (TPSA) is 78.7 Å². The van der Waals surface area contributed by atoms with E-state index in [0.29, 0.717) is 31.2 Å². The first kappa shape index (κ1) is 23.9. The highest BCUT2D eigenvalue weighted by atomic mass is 19.1. The fourth-order valence-electron chi connectivity index (χ4n) is 5.80. The number of hydrogen-bond donors (Lipinski definition) is 1. The second-order valence-electron chi connectivity index (χ2n) is 10.1. The predicted octanol–water partition coefficient (Wildman–Crippen LogP) is 2.77. The summed E-state index contributed by atoms with van der Waals surface area (Å²) in [5.41, 5.74) is 4.20. The smallest absolute Gasteiger partial charge is 0.274 e. The highest BCUT2D eigenvalue weighted by Crippen LogP contribution is 2.31. The van der Waals surface area contributed by atoms with E-state index in [1.807, 2.05) is 17.9 Å². The molecule has 7 nitrogen and oxygen atoms in total. The zero-order valence-corrected chi connectivity index (χ0v) is 20.1. The van der Waals surface area contributed by atoms with Crippen molar-refractivity contribution in [2.45, 2.75) is 70.2 Å². The Morgan fingerprint density at radius 3 is 2.57 bits per heavy atom. The molecule has 35 heavy (non-hydrogen) atoms. The lowest BCUT2D eigenvalue weighted by Gasteiger charge is -2.33. The fraction of sp³-hybridized carbons (Fsp3) is 0.577. The maximum atomic E-state index is 14.0. The van der Waals surface area contributed by atoms with Gasteiger partial charge in [-0.2, -0.15) is 5.10 Å². The quantitative estimate of drug-likeness (QED) is 0.721. The van der Waals surface area contributed by atoms with E-state index in [2.05, 4.69) is 5.10 Å². The Kier molecular flexibility index (Phi) is 6.61. The lowest BCUT2D eigenvalue weighted by molar-refractivity contribution is -0.133. The Morgan fingerprint density at radius 1 is 1.11 bits per heavy atom. The van der Waals surface area contributed by atoms with Crippen molar-refractivity contribution in [3.63, 3.8) is 0 Å². The zero-order valence-electron chi connectivity index (χ0n) is 20.1. The second-order valence-corrected chi connectivity index (χ2v) is 10.1. The Labute approximate surface area is 203 Å². The normalized spacial score (nSPS) is 23.0. The zero-order chi connectivity index (χ0) is 24.7. The van der Waals surface area contributed by atoms with Crippen LogP contribution in [0.3, 0.4) is 0 Å². The van der Waals surface area contributed by atoms with Gasteiger partial charge in [-0.25, -0.2) is 8.78 Å². The van der Waals surface area contributed by atoms with Crippen molar-refractivity contribution in [2.24, 2.45) is 0 Å². The van der Waals surface area contributed by atoms with Gasteiger partial charge in [0.25, 0.3) is 5.91 Å². The monoisotopic (exact) mass is 486 g/mol. The molecule has 2 atom stereocenters. The predicted molar refractivity (Wildman–Crippen MR) is 125 cm³/mol. The molecule has 9 heteroatoms. The van der Waals surface area contributed by atoms with Crippen molar-refractivity contribution in [3.8, 4) is 0 Å². The van der Waals surface area contributed by atoms with Crippen LogP contribution in [0.1, 0.15) is 64.5 Å². The summed E-state index contributed by atoms with van der Waals surface area (Å²) in [5, 5.41) is 14.2. The summed E-state index contributed by atoms with van der Waals surface area (Å²) in [4.78, 5) is 29.5. The van der Waals surface area contributed by atoms with Gasteiger partial charge in [-0.15, -0.1) is 0 Å². The van der Waals surface area contributed by atoms with E-state index in [-0.39, 0.29) is 37.1 Å². The first-order valence-corrected chi connectivity index (χ1v) is 12.6. The van der Waals surface area contributed by atoms with Crippen molar-refractivity contribution in [1.29, 1.82) is 0 Å². The second kappa shape index (κ2) is 9.68. The highest BCUT2D eigenvalue weighted by Gasteiger charge is 2.35. The maximum absolute atomic E-state index is 14.0. The lowest BCUT2D eigenvalue weighted by Crippen LogP contribution is -2.47. The number of aromatic nitrogens is 2. The Balaban J connectivity index is 1.24. The minimum Gasteiger partial charge on any atom is -0.390 e. The Bertz CT molecular complexity index is 1130. The number of carbonyl (C=O) groups is 2. The fourth-order valence-corrected chi connectivity index (χ4v) is 5.80.